The first-order valence-corrected chi connectivity index (χ1v) is 9.35. The number of hydrogen-bond acceptors (Lipinski definition) is 4. The first kappa shape index (κ1) is 18.0. The molecule has 0 spiro atoms. The van der Waals surface area contributed by atoms with Gasteiger partial charge in [-0.2, -0.15) is 0 Å². The molecule has 0 aliphatic carbocycles. The number of carbonyl (C=O) groups excluding carboxylic acids is 1. The van der Waals surface area contributed by atoms with Gasteiger partial charge in [-0.25, -0.2) is 0 Å². The second-order valence-electron chi connectivity index (χ2n) is 6.98. The van der Waals surface area contributed by atoms with Crippen LogP contribution in [0.5, 0.6) is 0 Å². The van der Waals surface area contributed by atoms with Crippen LogP contribution in [0.4, 0.5) is 0 Å². The van der Waals surface area contributed by atoms with Crippen LogP contribution >= 0.6 is 11.6 Å². The predicted molar refractivity (Wildman–Crippen MR) is 107 cm³/mol. The minimum Gasteiger partial charge on any atom is -0.360 e. The number of nitrogens with zero attached hydrogens (tertiary/aromatic N) is 3. The summed E-state index contributed by atoms with van der Waals surface area (Å²) >= 11 is 6.51. The summed E-state index contributed by atoms with van der Waals surface area (Å²) in [6.07, 6.45) is 2.97. The molecular weight excluding hydrogens is 362 g/mol. The summed E-state index contributed by atoms with van der Waals surface area (Å²) in [5.74, 6) is -0.112. The highest BCUT2D eigenvalue weighted by atomic mass is 35.5. The summed E-state index contributed by atoms with van der Waals surface area (Å²) in [7, 11) is 2.09. The van der Waals surface area contributed by atoms with E-state index in [1.807, 2.05) is 42.6 Å². The Kier molecular flexibility index (Phi) is 4.86. The van der Waals surface area contributed by atoms with Gasteiger partial charge in [-0.15, -0.1) is 0 Å². The Hall–Kier alpha value is -2.41. The van der Waals surface area contributed by atoms with Crippen LogP contribution in [-0.4, -0.2) is 65.2 Å². The molecule has 1 amide bonds. The van der Waals surface area contributed by atoms with Crippen LogP contribution < -0.4 is 0 Å². The Bertz CT molecular complexity index is 892. The summed E-state index contributed by atoms with van der Waals surface area (Å²) in [5, 5.41) is 8.32. The van der Waals surface area contributed by atoms with E-state index in [0.717, 1.165) is 42.9 Å². The van der Waals surface area contributed by atoms with E-state index in [1.165, 1.54) is 0 Å². The van der Waals surface area contributed by atoms with Gasteiger partial charge in [0.15, 0.2) is 0 Å². The van der Waals surface area contributed by atoms with Crippen molar-refractivity contribution in [3.8, 4) is 0 Å². The molecule has 1 unspecified atom stereocenters. The predicted octanol–water partition coefficient (Wildman–Crippen LogP) is 2.82. The highest BCUT2D eigenvalue weighted by Crippen LogP contribution is 2.37. The van der Waals surface area contributed by atoms with E-state index < -0.39 is 0 Å². The molecule has 2 aliphatic rings. The molecule has 1 aromatic heterocycles. The van der Waals surface area contributed by atoms with Crippen LogP contribution in [0.15, 0.2) is 48.2 Å². The zero-order valence-electron chi connectivity index (χ0n) is 15.2. The topological polar surface area (TPSA) is 66.4 Å². The molecule has 140 valence electrons. The molecule has 1 fully saturated rings. The lowest BCUT2D eigenvalue weighted by Gasteiger charge is -2.39. The second-order valence-corrected chi connectivity index (χ2v) is 7.38. The fourth-order valence-electron chi connectivity index (χ4n) is 3.85. The van der Waals surface area contributed by atoms with Crippen LogP contribution in [0, 0.1) is 5.41 Å². The molecule has 6 nitrogen and oxygen atoms in total. The number of aromatic nitrogens is 1. The standard InChI is InChI=1S/C20H22ClN5O/c1-24-9-10-25(13-24)18(14-5-2-3-6-16(14)21)12-26-19(15(11-22)20(26)27)17-7-4-8-23-17/h2-8,11,18,22-23H,9-10,12-13H2,1H3. The van der Waals surface area contributed by atoms with Gasteiger partial charge in [0, 0.05) is 37.1 Å². The second kappa shape index (κ2) is 7.31. The van der Waals surface area contributed by atoms with Crippen molar-refractivity contribution in [2.75, 3.05) is 33.4 Å². The molecule has 7 heteroatoms. The molecule has 2 aliphatic heterocycles. The van der Waals surface area contributed by atoms with Crippen LogP contribution in [-0.2, 0) is 4.79 Å². The Morgan fingerprint density at radius 3 is 2.70 bits per heavy atom. The first-order chi connectivity index (χ1) is 13.1. The first-order valence-electron chi connectivity index (χ1n) is 8.97. The summed E-state index contributed by atoms with van der Waals surface area (Å²) in [6, 6.07) is 11.6. The fourth-order valence-corrected chi connectivity index (χ4v) is 4.11. The molecule has 0 saturated carbocycles. The quantitative estimate of drug-likeness (QED) is 0.754. The minimum atomic E-state index is -0.112. The molecule has 2 N–H and O–H groups in total. The highest BCUT2D eigenvalue weighted by molar-refractivity contribution is 6.31. The largest absolute Gasteiger partial charge is 0.360 e. The number of amides is 1. The average molecular weight is 384 g/mol. The minimum absolute atomic E-state index is 0.00940. The number of aromatic amines is 1. The van der Waals surface area contributed by atoms with Gasteiger partial charge in [0.2, 0.25) is 0 Å². The molecule has 3 heterocycles. The number of H-pyrrole nitrogens is 1. The molecule has 0 radical (unpaired) electrons. The molecule has 0 bridgehead atoms. The number of rotatable bonds is 6. The maximum Gasteiger partial charge on any atom is 0.262 e. The van der Waals surface area contributed by atoms with Crippen LogP contribution in [0.1, 0.15) is 17.3 Å². The number of benzene rings is 1. The third-order valence-corrected chi connectivity index (χ3v) is 5.59. The number of hydrogen-bond donors (Lipinski definition) is 2. The SMILES string of the molecule is CN1CCN(C(CN2C(=O)C(C=N)=C2c2ccc[nH]2)c2ccccc2Cl)C1. The van der Waals surface area contributed by atoms with Gasteiger partial charge < -0.3 is 15.3 Å². The molecule has 2 aromatic rings. The van der Waals surface area contributed by atoms with E-state index in [1.54, 1.807) is 4.90 Å². The van der Waals surface area contributed by atoms with E-state index >= 15 is 0 Å². The zero-order chi connectivity index (χ0) is 19.0. The zero-order valence-corrected chi connectivity index (χ0v) is 15.9. The van der Waals surface area contributed by atoms with Gasteiger partial charge in [-0.05, 0) is 30.8 Å². The Balaban J connectivity index is 1.68. The smallest absolute Gasteiger partial charge is 0.262 e. The Morgan fingerprint density at radius 1 is 1.26 bits per heavy atom. The third-order valence-electron chi connectivity index (χ3n) is 5.25. The lowest BCUT2D eigenvalue weighted by atomic mass is 9.97. The maximum atomic E-state index is 12.7. The maximum absolute atomic E-state index is 12.7. The number of likely N-dealkylation sites (N-methyl/N-ethyl adjacent to an activating group) is 1. The molecule has 1 saturated heterocycles. The number of nitrogens with one attached hydrogen (secondary N) is 2. The van der Waals surface area contributed by atoms with Crippen molar-refractivity contribution in [2.45, 2.75) is 6.04 Å². The van der Waals surface area contributed by atoms with E-state index in [9.17, 15) is 4.79 Å². The van der Waals surface area contributed by atoms with Crippen molar-refractivity contribution in [3.63, 3.8) is 0 Å². The summed E-state index contributed by atoms with van der Waals surface area (Å²) in [4.78, 5) is 22.2. The van der Waals surface area contributed by atoms with E-state index in [4.69, 9.17) is 17.0 Å². The average Bonchev–Trinajstić information content (AvgIpc) is 3.33. The normalized spacial score (nSPS) is 19.5. The number of halogens is 1. The Labute approximate surface area is 163 Å². The van der Waals surface area contributed by atoms with E-state index in [2.05, 4.69) is 21.8 Å². The van der Waals surface area contributed by atoms with Crippen molar-refractivity contribution in [2.24, 2.45) is 0 Å². The lowest BCUT2D eigenvalue weighted by Crippen LogP contribution is -2.47. The highest BCUT2D eigenvalue weighted by Gasteiger charge is 2.40. The van der Waals surface area contributed by atoms with Gasteiger partial charge in [0.25, 0.3) is 5.91 Å². The Morgan fingerprint density at radius 2 is 2.07 bits per heavy atom. The van der Waals surface area contributed by atoms with Crippen molar-refractivity contribution >= 4 is 29.4 Å². The van der Waals surface area contributed by atoms with E-state index in [-0.39, 0.29) is 11.9 Å². The molecule has 4 rings (SSSR count). The monoisotopic (exact) mass is 383 g/mol. The van der Waals surface area contributed by atoms with Crippen molar-refractivity contribution in [3.05, 3.63) is 64.4 Å². The van der Waals surface area contributed by atoms with Crippen LogP contribution in [0.25, 0.3) is 5.70 Å². The molecular formula is C20H22ClN5O. The van der Waals surface area contributed by atoms with Gasteiger partial charge in [-0.1, -0.05) is 29.8 Å². The van der Waals surface area contributed by atoms with E-state index in [0.29, 0.717) is 17.1 Å². The van der Waals surface area contributed by atoms with Crippen LogP contribution in [0.2, 0.25) is 5.02 Å². The summed E-state index contributed by atoms with van der Waals surface area (Å²) < 4.78 is 0. The molecule has 1 aromatic carbocycles. The van der Waals surface area contributed by atoms with Crippen LogP contribution in [0.3, 0.4) is 0 Å². The van der Waals surface area contributed by atoms with Gasteiger partial charge in [-0.3, -0.25) is 14.6 Å². The van der Waals surface area contributed by atoms with Crippen molar-refractivity contribution in [1.82, 2.24) is 19.7 Å². The van der Waals surface area contributed by atoms with Gasteiger partial charge in [0.05, 0.1) is 29.7 Å². The number of carbonyl (C=O) groups is 1. The van der Waals surface area contributed by atoms with Crippen molar-refractivity contribution in [1.29, 1.82) is 5.41 Å². The van der Waals surface area contributed by atoms with Crippen molar-refractivity contribution < 1.29 is 4.79 Å². The summed E-state index contributed by atoms with van der Waals surface area (Å²) in [6.45, 7) is 3.24. The summed E-state index contributed by atoms with van der Waals surface area (Å²) in [5.41, 5.74) is 3.10. The molecule has 27 heavy (non-hydrogen) atoms. The third kappa shape index (κ3) is 3.20. The molecule has 1 atom stereocenters. The van der Waals surface area contributed by atoms with Gasteiger partial charge in [0.1, 0.15) is 0 Å². The fraction of sp³-hybridized carbons (Fsp3) is 0.300. The van der Waals surface area contributed by atoms with Gasteiger partial charge >= 0.3 is 0 Å². The lowest BCUT2D eigenvalue weighted by molar-refractivity contribution is -0.126.